The van der Waals surface area contributed by atoms with Gasteiger partial charge in [0.15, 0.2) is 5.78 Å². The maximum atomic E-state index is 12.1. The number of hydrogen-bond donors (Lipinski definition) is 0. The van der Waals surface area contributed by atoms with Crippen molar-refractivity contribution < 1.29 is 9.53 Å². The molecular weight excluding hydrogens is 246 g/mol. The number of thiophene rings is 1. The quantitative estimate of drug-likeness (QED) is 0.605. The van der Waals surface area contributed by atoms with Crippen LogP contribution >= 0.6 is 11.3 Å². The SMILES string of the molecule is C=C(C)CN1CCOCC1CC(=O)c1cccs1. The van der Waals surface area contributed by atoms with Gasteiger partial charge in [-0.25, -0.2) is 0 Å². The predicted molar refractivity (Wildman–Crippen MR) is 74.3 cm³/mol. The molecule has 0 spiro atoms. The van der Waals surface area contributed by atoms with E-state index in [2.05, 4.69) is 11.5 Å². The fraction of sp³-hybridized carbons (Fsp3) is 0.500. The van der Waals surface area contributed by atoms with Gasteiger partial charge < -0.3 is 4.74 Å². The van der Waals surface area contributed by atoms with Crippen molar-refractivity contribution in [3.8, 4) is 0 Å². The number of Topliss-reactive ketones (excluding diaryl/α,β-unsaturated/α-hetero) is 1. The van der Waals surface area contributed by atoms with Crippen molar-refractivity contribution in [1.29, 1.82) is 0 Å². The van der Waals surface area contributed by atoms with Crippen LogP contribution in [-0.2, 0) is 4.74 Å². The standard InChI is InChI=1S/C14H19NO2S/c1-11(2)9-15-5-6-17-10-12(15)8-13(16)14-4-3-7-18-14/h3-4,7,12H,1,5-6,8-10H2,2H3. The molecule has 98 valence electrons. The number of rotatable bonds is 5. The van der Waals surface area contributed by atoms with Gasteiger partial charge in [0.25, 0.3) is 0 Å². The number of carbonyl (C=O) groups excluding carboxylic acids is 1. The molecule has 1 aromatic heterocycles. The highest BCUT2D eigenvalue weighted by Crippen LogP contribution is 2.17. The number of morpholine rings is 1. The summed E-state index contributed by atoms with van der Waals surface area (Å²) >= 11 is 1.51. The lowest BCUT2D eigenvalue weighted by Gasteiger charge is -2.35. The molecule has 2 heterocycles. The Morgan fingerprint density at radius 2 is 2.50 bits per heavy atom. The van der Waals surface area contributed by atoms with Gasteiger partial charge in [-0.15, -0.1) is 11.3 Å². The van der Waals surface area contributed by atoms with Crippen molar-refractivity contribution >= 4 is 17.1 Å². The summed E-state index contributed by atoms with van der Waals surface area (Å²) in [5, 5.41) is 1.94. The first-order valence-electron chi connectivity index (χ1n) is 6.19. The summed E-state index contributed by atoms with van der Waals surface area (Å²) in [5.74, 6) is 0.215. The molecule has 1 aliphatic rings. The van der Waals surface area contributed by atoms with E-state index in [0.717, 1.165) is 30.1 Å². The summed E-state index contributed by atoms with van der Waals surface area (Å²) in [6, 6.07) is 3.99. The molecule has 18 heavy (non-hydrogen) atoms. The lowest BCUT2D eigenvalue weighted by molar-refractivity contribution is -0.00403. The molecule has 0 amide bonds. The zero-order chi connectivity index (χ0) is 13.0. The van der Waals surface area contributed by atoms with E-state index in [1.807, 2.05) is 24.4 Å². The average molecular weight is 265 g/mol. The van der Waals surface area contributed by atoms with Crippen LogP contribution in [0.15, 0.2) is 29.7 Å². The van der Waals surface area contributed by atoms with Crippen molar-refractivity contribution in [1.82, 2.24) is 4.90 Å². The minimum Gasteiger partial charge on any atom is -0.378 e. The lowest BCUT2D eigenvalue weighted by Crippen LogP contribution is -2.46. The summed E-state index contributed by atoms with van der Waals surface area (Å²) < 4.78 is 5.49. The Balaban J connectivity index is 1.97. The minimum atomic E-state index is 0.185. The van der Waals surface area contributed by atoms with Crippen molar-refractivity contribution in [3.63, 3.8) is 0 Å². The van der Waals surface area contributed by atoms with E-state index in [0.29, 0.717) is 13.0 Å². The summed E-state index contributed by atoms with van der Waals surface area (Å²) in [6.07, 6.45) is 0.536. The zero-order valence-corrected chi connectivity index (χ0v) is 11.5. The summed E-state index contributed by atoms with van der Waals surface area (Å²) in [4.78, 5) is 15.3. The molecule has 0 aromatic carbocycles. The Labute approximate surface area is 112 Å². The number of ketones is 1. The number of hydrogen-bond acceptors (Lipinski definition) is 4. The fourth-order valence-corrected chi connectivity index (χ4v) is 2.86. The van der Waals surface area contributed by atoms with E-state index < -0.39 is 0 Å². The van der Waals surface area contributed by atoms with Crippen molar-refractivity contribution in [2.45, 2.75) is 19.4 Å². The van der Waals surface area contributed by atoms with Gasteiger partial charge in [0, 0.05) is 25.6 Å². The molecular formula is C14H19NO2S. The molecule has 1 atom stereocenters. The van der Waals surface area contributed by atoms with E-state index in [1.165, 1.54) is 11.3 Å². The monoisotopic (exact) mass is 265 g/mol. The zero-order valence-electron chi connectivity index (χ0n) is 10.7. The molecule has 0 bridgehead atoms. The van der Waals surface area contributed by atoms with Crippen LogP contribution < -0.4 is 0 Å². The molecule has 0 radical (unpaired) electrons. The lowest BCUT2D eigenvalue weighted by atomic mass is 10.1. The Morgan fingerprint density at radius 3 is 3.17 bits per heavy atom. The normalized spacial score (nSPS) is 20.8. The van der Waals surface area contributed by atoms with Crippen LogP contribution in [0.3, 0.4) is 0 Å². The third-order valence-electron chi connectivity index (χ3n) is 3.04. The number of nitrogens with zero attached hydrogens (tertiary/aromatic N) is 1. The van der Waals surface area contributed by atoms with Crippen LogP contribution in [0.4, 0.5) is 0 Å². The highest BCUT2D eigenvalue weighted by atomic mass is 32.1. The first kappa shape index (κ1) is 13.5. The molecule has 0 saturated carbocycles. The van der Waals surface area contributed by atoms with E-state index in [-0.39, 0.29) is 11.8 Å². The molecule has 3 nitrogen and oxygen atoms in total. The molecule has 1 saturated heterocycles. The van der Waals surface area contributed by atoms with Crippen molar-refractivity contribution in [3.05, 3.63) is 34.5 Å². The summed E-state index contributed by atoms with van der Waals surface area (Å²) in [6.45, 7) is 9.10. The summed E-state index contributed by atoms with van der Waals surface area (Å²) in [5.41, 5.74) is 1.13. The Morgan fingerprint density at radius 1 is 1.67 bits per heavy atom. The molecule has 4 heteroatoms. The molecule has 0 aliphatic carbocycles. The first-order valence-corrected chi connectivity index (χ1v) is 7.07. The van der Waals surface area contributed by atoms with Crippen LogP contribution in [-0.4, -0.2) is 43.0 Å². The highest BCUT2D eigenvalue weighted by Gasteiger charge is 2.25. The molecule has 1 aliphatic heterocycles. The van der Waals surface area contributed by atoms with Gasteiger partial charge in [-0.3, -0.25) is 9.69 Å². The largest absolute Gasteiger partial charge is 0.378 e. The van der Waals surface area contributed by atoms with Gasteiger partial charge in [-0.1, -0.05) is 18.2 Å². The van der Waals surface area contributed by atoms with Gasteiger partial charge in [-0.2, -0.15) is 0 Å². The second kappa shape index (κ2) is 6.27. The Kier molecular flexibility index (Phi) is 4.69. The van der Waals surface area contributed by atoms with Gasteiger partial charge in [0.2, 0.25) is 0 Å². The molecule has 1 unspecified atom stereocenters. The van der Waals surface area contributed by atoms with Crippen molar-refractivity contribution in [2.75, 3.05) is 26.3 Å². The van der Waals surface area contributed by atoms with E-state index in [1.54, 1.807) is 0 Å². The Hall–Kier alpha value is -0.970. The number of carbonyl (C=O) groups is 1. The third kappa shape index (κ3) is 3.51. The van der Waals surface area contributed by atoms with Gasteiger partial charge in [-0.05, 0) is 18.4 Å². The minimum absolute atomic E-state index is 0.185. The molecule has 0 N–H and O–H groups in total. The van der Waals surface area contributed by atoms with Crippen LogP contribution in [0.2, 0.25) is 0 Å². The van der Waals surface area contributed by atoms with Crippen LogP contribution in [0.5, 0.6) is 0 Å². The molecule has 1 fully saturated rings. The van der Waals surface area contributed by atoms with E-state index >= 15 is 0 Å². The third-order valence-corrected chi connectivity index (χ3v) is 3.95. The maximum absolute atomic E-state index is 12.1. The average Bonchev–Trinajstić information content (AvgIpc) is 2.84. The smallest absolute Gasteiger partial charge is 0.174 e. The van der Waals surface area contributed by atoms with Crippen LogP contribution in [0, 0.1) is 0 Å². The first-order chi connectivity index (χ1) is 8.66. The van der Waals surface area contributed by atoms with E-state index in [4.69, 9.17) is 4.74 Å². The van der Waals surface area contributed by atoms with E-state index in [9.17, 15) is 4.79 Å². The van der Waals surface area contributed by atoms with Gasteiger partial charge >= 0.3 is 0 Å². The van der Waals surface area contributed by atoms with Crippen LogP contribution in [0.1, 0.15) is 23.0 Å². The molecule has 2 rings (SSSR count). The molecule has 1 aromatic rings. The fourth-order valence-electron chi connectivity index (χ4n) is 2.18. The maximum Gasteiger partial charge on any atom is 0.174 e. The second-order valence-corrected chi connectivity index (χ2v) is 5.71. The van der Waals surface area contributed by atoms with Crippen LogP contribution in [0.25, 0.3) is 0 Å². The number of ether oxygens (including phenoxy) is 1. The highest BCUT2D eigenvalue weighted by molar-refractivity contribution is 7.12. The topological polar surface area (TPSA) is 29.5 Å². The van der Waals surface area contributed by atoms with Gasteiger partial charge in [0.1, 0.15) is 0 Å². The Bertz CT molecular complexity index is 413. The van der Waals surface area contributed by atoms with Gasteiger partial charge in [0.05, 0.1) is 18.1 Å². The van der Waals surface area contributed by atoms with Crippen molar-refractivity contribution in [2.24, 2.45) is 0 Å². The second-order valence-electron chi connectivity index (χ2n) is 4.76. The predicted octanol–water partition coefficient (Wildman–Crippen LogP) is 2.60. The summed E-state index contributed by atoms with van der Waals surface area (Å²) in [7, 11) is 0.